The lowest BCUT2D eigenvalue weighted by Crippen LogP contribution is -2.38. The van der Waals surface area contributed by atoms with Gasteiger partial charge in [0.1, 0.15) is 0 Å². The molecule has 88 valence electrons. The zero-order chi connectivity index (χ0) is 11.4. The van der Waals surface area contributed by atoms with Crippen LogP contribution in [0.25, 0.3) is 0 Å². The summed E-state index contributed by atoms with van der Waals surface area (Å²) in [5.74, 6) is -0.220. The van der Waals surface area contributed by atoms with Gasteiger partial charge in [0, 0.05) is 19.6 Å². The molecular formula is C10H20N2O3. The molecule has 1 amide bonds. The molecule has 0 aromatic rings. The van der Waals surface area contributed by atoms with Crippen molar-refractivity contribution in [1.29, 1.82) is 0 Å². The topological polar surface area (TPSA) is 86.8 Å². The highest BCUT2D eigenvalue weighted by Gasteiger charge is 2.34. The van der Waals surface area contributed by atoms with Crippen LogP contribution in [0.15, 0.2) is 0 Å². The molecule has 1 aliphatic rings. The minimum absolute atomic E-state index is 0.0463. The van der Waals surface area contributed by atoms with E-state index in [4.69, 9.17) is 5.73 Å². The van der Waals surface area contributed by atoms with Gasteiger partial charge in [0.05, 0.1) is 18.1 Å². The summed E-state index contributed by atoms with van der Waals surface area (Å²) < 4.78 is 0. The van der Waals surface area contributed by atoms with Gasteiger partial charge in [0.2, 0.25) is 5.91 Å². The Morgan fingerprint density at radius 2 is 2.00 bits per heavy atom. The number of nitrogens with zero attached hydrogens (tertiary/aromatic N) is 1. The number of aliphatic hydroxyl groups is 2. The number of carbonyl (C=O) groups excluding carboxylic acids is 1. The Kier molecular flexibility index (Phi) is 4.50. The third-order valence-electron chi connectivity index (χ3n) is 2.84. The average Bonchev–Trinajstić information content (AvgIpc) is 2.55. The van der Waals surface area contributed by atoms with Crippen LogP contribution in [0.5, 0.6) is 0 Å². The third kappa shape index (κ3) is 2.90. The molecule has 0 radical (unpaired) electrons. The molecule has 0 bridgehead atoms. The van der Waals surface area contributed by atoms with Crippen LogP contribution in [-0.4, -0.2) is 52.9 Å². The Morgan fingerprint density at radius 3 is 2.40 bits per heavy atom. The van der Waals surface area contributed by atoms with Crippen molar-refractivity contribution >= 4 is 5.91 Å². The van der Waals surface area contributed by atoms with E-state index >= 15 is 0 Å². The monoisotopic (exact) mass is 216 g/mol. The lowest BCUT2D eigenvalue weighted by Gasteiger charge is -2.21. The van der Waals surface area contributed by atoms with Gasteiger partial charge in [0.25, 0.3) is 0 Å². The van der Waals surface area contributed by atoms with E-state index in [0.29, 0.717) is 6.54 Å². The number of likely N-dealkylation sites (tertiary alicyclic amines) is 1. The maximum Gasteiger partial charge on any atom is 0.227 e. The van der Waals surface area contributed by atoms with Crippen LogP contribution < -0.4 is 5.73 Å². The van der Waals surface area contributed by atoms with Crippen LogP contribution in [-0.2, 0) is 4.79 Å². The van der Waals surface area contributed by atoms with Crippen molar-refractivity contribution in [1.82, 2.24) is 4.90 Å². The number of amides is 1. The van der Waals surface area contributed by atoms with Gasteiger partial charge >= 0.3 is 0 Å². The average molecular weight is 216 g/mol. The second-order valence-corrected chi connectivity index (χ2v) is 4.10. The van der Waals surface area contributed by atoms with Crippen LogP contribution in [0.1, 0.15) is 19.8 Å². The molecule has 3 atom stereocenters. The fourth-order valence-corrected chi connectivity index (χ4v) is 1.90. The van der Waals surface area contributed by atoms with Crippen LogP contribution >= 0.6 is 0 Å². The summed E-state index contributed by atoms with van der Waals surface area (Å²) in [6, 6.07) is 0. The highest BCUT2D eigenvalue weighted by molar-refractivity contribution is 5.79. The van der Waals surface area contributed by atoms with Crippen LogP contribution in [0.3, 0.4) is 0 Å². The Hall–Kier alpha value is -0.650. The molecule has 1 saturated heterocycles. The van der Waals surface area contributed by atoms with Crippen molar-refractivity contribution in [3.05, 3.63) is 0 Å². The summed E-state index contributed by atoms with van der Waals surface area (Å²) in [5.41, 5.74) is 5.52. The number of β-amino-alcohol motifs (C(OH)–C–C–N with tert-alkyl or cyclic N) is 2. The summed E-state index contributed by atoms with van der Waals surface area (Å²) >= 11 is 0. The van der Waals surface area contributed by atoms with E-state index in [-0.39, 0.29) is 24.9 Å². The lowest BCUT2D eigenvalue weighted by molar-refractivity contribution is -0.134. The molecule has 15 heavy (non-hydrogen) atoms. The molecule has 0 aromatic heterocycles. The molecule has 0 aromatic carbocycles. The minimum atomic E-state index is -0.811. The molecule has 0 saturated carbocycles. The third-order valence-corrected chi connectivity index (χ3v) is 2.84. The number of hydrogen-bond donors (Lipinski definition) is 3. The first-order valence-electron chi connectivity index (χ1n) is 5.45. The van der Waals surface area contributed by atoms with E-state index in [1.165, 1.54) is 4.90 Å². The molecular weight excluding hydrogens is 196 g/mol. The van der Waals surface area contributed by atoms with Gasteiger partial charge in [-0.1, -0.05) is 13.3 Å². The van der Waals surface area contributed by atoms with Crippen molar-refractivity contribution in [3.8, 4) is 0 Å². The zero-order valence-corrected chi connectivity index (χ0v) is 9.09. The number of aliphatic hydroxyl groups excluding tert-OH is 2. The second-order valence-electron chi connectivity index (χ2n) is 4.10. The molecule has 1 rings (SSSR count). The molecule has 1 unspecified atom stereocenters. The second kappa shape index (κ2) is 5.44. The fourth-order valence-electron chi connectivity index (χ4n) is 1.90. The largest absolute Gasteiger partial charge is 0.388 e. The SMILES string of the molecule is CCCC(CN)C(=O)N1C[C@@H](O)[C@@H](O)C1. The Bertz CT molecular complexity index is 213. The van der Waals surface area contributed by atoms with E-state index in [9.17, 15) is 15.0 Å². The highest BCUT2D eigenvalue weighted by Crippen LogP contribution is 2.15. The van der Waals surface area contributed by atoms with E-state index in [2.05, 4.69) is 0 Å². The molecule has 0 spiro atoms. The number of carbonyl (C=O) groups is 1. The molecule has 1 aliphatic heterocycles. The van der Waals surface area contributed by atoms with Crippen molar-refractivity contribution in [3.63, 3.8) is 0 Å². The maximum absolute atomic E-state index is 11.9. The van der Waals surface area contributed by atoms with E-state index in [0.717, 1.165) is 12.8 Å². The number of rotatable bonds is 4. The summed E-state index contributed by atoms with van der Waals surface area (Å²) in [6.45, 7) is 2.78. The van der Waals surface area contributed by atoms with Crippen molar-refractivity contribution < 1.29 is 15.0 Å². The first kappa shape index (κ1) is 12.4. The van der Waals surface area contributed by atoms with E-state index in [1.807, 2.05) is 6.92 Å². The lowest BCUT2D eigenvalue weighted by atomic mass is 10.0. The van der Waals surface area contributed by atoms with Gasteiger partial charge in [-0.15, -0.1) is 0 Å². The van der Waals surface area contributed by atoms with E-state index in [1.54, 1.807) is 0 Å². The van der Waals surface area contributed by atoms with Crippen LogP contribution in [0.2, 0.25) is 0 Å². The molecule has 1 heterocycles. The standard InChI is InChI=1S/C10H20N2O3/c1-2-3-7(4-11)10(15)12-5-8(13)9(14)6-12/h7-9,13-14H,2-6,11H2,1H3/t7?,8-,9+. The molecule has 0 aliphatic carbocycles. The summed E-state index contributed by atoms with van der Waals surface area (Å²) in [5, 5.41) is 18.7. The van der Waals surface area contributed by atoms with Gasteiger partial charge < -0.3 is 20.8 Å². The summed E-state index contributed by atoms with van der Waals surface area (Å²) in [4.78, 5) is 13.4. The first-order chi connectivity index (χ1) is 7.10. The predicted octanol–water partition coefficient (Wildman–Crippen LogP) is -1.07. The van der Waals surface area contributed by atoms with Crippen molar-refractivity contribution in [2.75, 3.05) is 19.6 Å². The number of hydrogen-bond acceptors (Lipinski definition) is 4. The van der Waals surface area contributed by atoms with Gasteiger partial charge in [-0.05, 0) is 6.42 Å². The minimum Gasteiger partial charge on any atom is -0.388 e. The first-order valence-corrected chi connectivity index (χ1v) is 5.45. The van der Waals surface area contributed by atoms with Gasteiger partial charge in [-0.25, -0.2) is 0 Å². The summed E-state index contributed by atoms with van der Waals surface area (Å²) in [7, 11) is 0. The summed E-state index contributed by atoms with van der Waals surface area (Å²) in [6.07, 6.45) is 0.0490. The fraction of sp³-hybridized carbons (Fsp3) is 0.900. The predicted molar refractivity (Wildman–Crippen MR) is 56.0 cm³/mol. The quantitative estimate of drug-likeness (QED) is 0.558. The smallest absolute Gasteiger partial charge is 0.227 e. The van der Waals surface area contributed by atoms with E-state index < -0.39 is 12.2 Å². The van der Waals surface area contributed by atoms with Crippen LogP contribution in [0.4, 0.5) is 0 Å². The normalized spacial score (nSPS) is 28.1. The zero-order valence-electron chi connectivity index (χ0n) is 9.09. The van der Waals surface area contributed by atoms with Crippen molar-refractivity contribution in [2.24, 2.45) is 11.7 Å². The molecule has 5 nitrogen and oxygen atoms in total. The van der Waals surface area contributed by atoms with Gasteiger partial charge in [0.15, 0.2) is 0 Å². The van der Waals surface area contributed by atoms with Gasteiger partial charge in [-0.2, -0.15) is 0 Å². The molecule has 4 N–H and O–H groups in total. The Morgan fingerprint density at radius 1 is 1.47 bits per heavy atom. The number of nitrogens with two attached hydrogens (primary N) is 1. The van der Waals surface area contributed by atoms with Gasteiger partial charge in [-0.3, -0.25) is 4.79 Å². The maximum atomic E-state index is 11.9. The molecule has 1 fully saturated rings. The Balaban J connectivity index is 2.52. The Labute approximate surface area is 89.9 Å². The van der Waals surface area contributed by atoms with Crippen LogP contribution in [0, 0.1) is 5.92 Å². The van der Waals surface area contributed by atoms with Crippen molar-refractivity contribution in [2.45, 2.75) is 32.0 Å². The molecule has 5 heteroatoms. The highest BCUT2D eigenvalue weighted by atomic mass is 16.3.